The summed E-state index contributed by atoms with van der Waals surface area (Å²) in [5.74, 6) is 5.26. The van der Waals surface area contributed by atoms with Crippen molar-refractivity contribution in [3.05, 3.63) is 33.3 Å². The summed E-state index contributed by atoms with van der Waals surface area (Å²) in [7, 11) is 0. The summed E-state index contributed by atoms with van der Waals surface area (Å²) in [5, 5.41) is 0.373. The maximum absolute atomic E-state index is 12.1. The Labute approximate surface area is 110 Å². The minimum absolute atomic E-state index is 0.157. The molecule has 0 aliphatic carbocycles. The van der Waals surface area contributed by atoms with Gasteiger partial charge in [-0.15, -0.1) is 0 Å². The molecule has 3 N–H and O–H groups in total. The second-order valence-corrected chi connectivity index (χ2v) is 4.75. The van der Waals surface area contributed by atoms with Gasteiger partial charge in [-0.3, -0.25) is 11.3 Å². The Kier molecular flexibility index (Phi) is 5.24. The van der Waals surface area contributed by atoms with Crippen molar-refractivity contribution in [1.29, 1.82) is 0 Å². The summed E-state index contributed by atoms with van der Waals surface area (Å²) >= 11 is 9.20. The van der Waals surface area contributed by atoms with Crippen LogP contribution in [0.15, 0.2) is 22.7 Å². The van der Waals surface area contributed by atoms with Crippen LogP contribution in [0.2, 0.25) is 5.02 Å². The molecule has 0 amide bonds. The van der Waals surface area contributed by atoms with Gasteiger partial charge in [0.1, 0.15) is 0 Å². The minimum Gasteiger partial charge on any atom is -0.271 e. The number of alkyl halides is 3. The fourth-order valence-corrected chi connectivity index (χ4v) is 2.07. The summed E-state index contributed by atoms with van der Waals surface area (Å²) in [5.41, 5.74) is 2.90. The first kappa shape index (κ1) is 14.8. The number of nitrogens with one attached hydrogen (secondary N) is 1. The first-order valence-corrected chi connectivity index (χ1v) is 5.99. The fraction of sp³-hybridized carbons (Fsp3) is 0.400. The van der Waals surface area contributed by atoms with Gasteiger partial charge in [-0.2, -0.15) is 13.2 Å². The number of halogens is 5. The Bertz CT molecular complexity index is 384. The van der Waals surface area contributed by atoms with Crippen molar-refractivity contribution < 1.29 is 13.2 Å². The monoisotopic (exact) mass is 330 g/mol. The molecular weight excluding hydrogens is 320 g/mol. The Balaban J connectivity index is 2.83. The maximum Gasteiger partial charge on any atom is 0.389 e. The third kappa shape index (κ3) is 4.46. The molecule has 1 rings (SSSR count). The van der Waals surface area contributed by atoms with Crippen LogP contribution in [0.3, 0.4) is 0 Å². The zero-order valence-corrected chi connectivity index (χ0v) is 11.0. The zero-order valence-electron chi connectivity index (χ0n) is 8.69. The highest BCUT2D eigenvalue weighted by molar-refractivity contribution is 9.10. The van der Waals surface area contributed by atoms with Crippen LogP contribution in [-0.4, -0.2) is 6.18 Å². The first-order valence-electron chi connectivity index (χ1n) is 4.82. The molecule has 0 heterocycles. The quantitative estimate of drug-likeness (QED) is 0.647. The van der Waals surface area contributed by atoms with E-state index >= 15 is 0 Å². The maximum atomic E-state index is 12.1. The van der Waals surface area contributed by atoms with Gasteiger partial charge in [0.2, 0.25) is 0 Å². The van der Waals surface area contributed by atoms with Crippen molar-refractivity contribution in [2.45, 2.75) is 25.1 Å². The summed E-state index contributed by atoms with van der Waals surface area (Å²) < 4.78 is 37.0. The van der Waals surface area contributed by atoms with Crippen molar-refractivity contribution in [2.75, 3.05) is 0 Å². The molecule has 2 nitrogen and oxygen atoms in total. The van der Waals surface area contributed by atoms with Crippen LogP contribution in [0, 0.1) is 0 Å². The largest absolute Gasteiger partial charge is 0.389 e. The molecule has 0 saturated heterocycles. The molecule has 0 aromatic heterocycles. The van der Waals surface area contributed by atoms with Crippen molar-refractivity contribution in [3.8, 4) is 0 Å². The molecule has 1 unspecified atom stereocenters. The lowest BCUT2D eigenvalue weighted by Crippen LogP contribution is -2.29. The van der Waals surface area contributed by atoms with Gasteiger partial charge >= 0.3 is 6.18 Å². The highest BCUT2D eigenvalue weighted by Crippen LogP contribution is 2.33. The molecule has 0 radical (unpaired) electrons. The second-order valence-electron chi connectivity index (χ2n) is 3.52. The molecule has 0 fully saturated rings. The van der Waals surface area contributed by atoms with Crippen LogP contribution in [-0.2, 0) is 0 Å². The summed E-state index contributed by atoms with van der Waals surface area (Å²) in [6.07, 6.45) is -5.27. The van der Waals surface area contributed by atoms with Gasteiger partial charge in [0.25, 0.3) is 0 Å². The van der Waals surface area contributed by atoms with E-state index in [2.05, 4.69) is 21.4 Å². The topological polar surface area (TPSA) is 38.0 Å². The molecular formula is C10H11BrClF3N2. The number of hydrogen-bond donors (Lipinski definition) is 2. The Morgan fingerprint density at radius 2 is 2.06 bits per heavy atom. The predicted octanol–water partition coefficient (Wildman–Crippen LogP) is 3.95. The Morgan fingerprint density at radius 3 is 2.59 bits per heavy atom. The molecule has 1 aromatic rings. The molecule has 0 bridgehead atoms. The van der Waals surface area contributed by atoms with E-state index < -0.39 is 18.6 Å². The Hall–Kier alpha value is -0.300. The van der Waals surface area contributed by atoms with E-state index in [1.807, 2.05) is 0 Å². The van der Waals surface area contributed by atoms with Crippen molar-refractivity contribution in [2.24, 2.45) is 5.84 Å². The molecule has 0 aliphatic rings. The molecule has 0 spiro atoms. The second kappa shape index (κ2) is 6.04. The van der Waals surface area contributed by atoms with E-state index in [0.29, 0.717) is 15.1 Å². The third-order valence-corrected chi connectivity index (χ3v) is 3.59. The Morgan fingerprint density at radius 1 is 1.41 bits per heavy atom. The van der Waals surface area contributed by atoms with Gasteiger partial charge in [0.15, 0.2) is 0 Å². The number of rotatable bonds is 4. The van der Waals surface area contributed by atoms with Crippen LogP contribution in [0.1, 0.15) is 24.4 Å². The highest BCUT2D eigenvalue weighted by Gasteiger charge is 2.29. The average Bonchev–Trinajstić information content (AvgIpc) is 2.23. The average molecular weight is 332 g/mol. The van der Waals surface area contributed by atoms with E-state index in [9.17, 15) is 13.2 Å². The molecule has 1 aromatic carbocycles. The van der Waals surface area contributed by atoms with Gasteiger partial charge < -0.3 is 0 Å². The van der Waals surface area contributed by atoms with Gasteiger partial charge in [-0.05, 0) is 34.0 Å². The van der Waals surface area contributed by atoms with E-state index in [1.165, 1.54) is 0 Å². The summed E-state index contributed by atoms with van der Waals surface area (Å²) in [6, 6.07) is 4.43. The lowest BCUT2D eigenvalue weighted by atomic mass is 10.0. The van der Waals surface area contributed by atoms with E-state index in [1.54, 1.807) is 18.2 Å². The number of hydrazine groups is 1. The number of hydrogen-bond acceptors (Lipinski definition) is 2. The van der Waals surface area contributed by atoms with Gasteiger partial charge in [0, 0.05) is 16.9 Å². The normalized spacial score (nSPS) is 13.8. The van der Waals surface area contributed by atoms with Crippen molar-refractivity contribution in [1.82, 2.24) is 5.43 Å². The summed E-state index contributed by atoms with van der Waals surface area (Å²) in [6.45, 7) is 0. The van der Waals surface area contributed by atoms with E-state index in [0.717, 1.165) is 0 Å². The zero-order chi connectivity index (χ0) is 13.1. The lowest BCUT2D eigenvalue weighted by molar-refractivity contribution is -0.136. The molecule has 0 aliphatic heterocycles. The van der Waals surface area contributed by atoms with Crippen LogP contribution < -0.4 is 11.3 Å². The molecule has 7 heteroatoms. The summed E-state index contributed by atoms with van der Waals surface area (Å²) in [4.78, 5) is 0. The van der Waals surface area contributed by atoms with Crippen LogP contribution >= 0.6 is 27.5 Å². The number of benzene rings is 1. The number of nitrogens with two attached hydrogens (primary N) is 1. The van der Waals surface area contributed by atoms with Crippen LogP contribution in [0.4, 0.5) is 13.2 Å². The van der Waals surface area contributed by atoms with Gasteiger partial charge in [-0.25, -0.2) is 0 Å². The lowest BCUT2D eigenvalue weighted by Gasteiger charge is -2.19. The van der Waals surface area contributed by atoms with E-state index in [4.69, 9.17) is 17.4 Å². The van der Waals surface area contributed by atoms with E-state index in [-0.39, 0.29) is 6.42 Å². The van der Waals surface area contributed by atoms with Crippen molar-refractivity contribution in [3.63, 3.8) is 0 Å². The minimum atomic E-state index is -4.20. The molecule has 96 valence electrons. The molecule has 17 heavy (non-hydrogen) atoms. The fourth-order valence-electron chi connectivity index (χ4n) is 1.43. The predicted molar refractivity (Wildman–Crippen MR) is 64.5 cm³/mol. The molecule has 0 saturated carbocycles. The molecule has 1 atom stereocenters. The van der Waals surface area contributed by atoms with Crippen LogP contribution in [0.25, 0.3) is 0 Å². The third-order valence-electron chi connectivity index (χ3n) is 2.27. The van der Waals surface area contributed by atoms with Gasteiger partial charge in [-0.1, -0.05) is 23.7 Å². The smallest absolute Gasteiger partial charge is 0.271 e. The standard InChI is InChI=1S/C10H11BrClF3N2/c11-7-3-1-2-6(9(7)12)8(17-16)4-5-10(13,14)15/h1-3,8,17H,4-5,16H2. The van der Waals surface area contributed by atoms with Gasteiger partial charge in [0.05, 0.1) is 5.02 Å². The first-order chi connectivity index (χ1) is 7.85. The SMILES string of the molecule is NNC(CCC(F)(F)F)c1cccc(Br)c1Cl. The highest BCUT2D eigenvalue weighted by atomic mass is 79.9. The van der Waals surface area contributed by atoms with Crippen LogP contribution in [0.5, 0.6) is 0 Å². The van der Waals surface area contributed by atoms with Crippen molar-refractivity contribution >= 4 is 27.5 Å².